The Kier molecular flexibility index (Phi) is 4.50. The summed E-state index contributed by atoms with van der Waals surface area (Å²) < 4.78 is 6.45. The Balaban J connectivity index is 1.79. The molecule has 2 rings (SSSR count). The third-order valence-corrected chi connectivity index (χ3v) is 3.96. The highest BCUT2D eigenvalue weighted by molar-refractivity contribution is 9.10. The van der Waals surface area contributed by atoms with Crippen molar-refractivity contribution in [1.82, 2.24) is 4.90 Å². The van der Waals surface area contributed by atoms with Gasteiger partial charge in [-0.1, -0.05) is 15.9 Å². The van der Waals surface area contributed by atoms with Crippen LogP contribution >= 0.6 is 27.7 Å². The predicted molar refractivity (Wildman–Crippen MR) is 67.3 cm³/mol. The zero-order valence-electron chi connectivity index (χ0n) is 8.49. The van der Waals surface area contributed by atoms with Crippen molar-refractivity contribution in [1.29, 1.82) is 0 Å². The summed E-state index contributed by atoms with van der Waals surface area (Å²) in [6, 6.07) is 8.47. The van der Waals surface area contributed by atoms with Crippen molar-refractivity contribution in [3.63, 3.8) is 0 Å². The zero-order chi connectivity index (χ0) is 10.5. The molecule has 0 bridgehead atoms. The van der Waals surface area contributed by atoms with Crippen molar-refractivity contribution < 1.29 is 4.74 Å². The number of morpholine rings is 1. The fraction of sp³-hybridized carbons (Fsp3) is 0.455. The normalized spacial score (nSPS) is 17.9. The molecule has 1 aromatic carbocycles. The van der Waals surface area contributed by atoms with Crippen LogP contribution in [0.25, 0.3) is 0 Å². The van der Waals surface area contributed by atoms with Crippen molar-refractivity contribution in [2.45, 2.75) is 4.90 Å². The molecule has 0 spiro atoms. The first-order valence-electron chi connectivity index (χ1n) is 5.03. The molecule has 0 aliphatic carbocycles. The molecule has 0 saturated carbocycles. The lowest BCUT2D eigenvalue weighted by Gasteiger charge is -2.25. The highest BCUT2D eigenvalue weighted by atomic mass is 79.9. The van der Waals surface area contributed by atoms with Crippen LogP contribution in [0, 0.1) is 0 Å². The Hall–Kier alpha value is -0.0300. The van der Waals surface area contributed by atoms with Crippen LogP contribution in [0.4, 0.5) is 0 Å². The molecular formula is C11H14BrNOS. The molecule has 0 amide bonds. The Bertz CT molecular complexity index is 298. The maximum atomic E-state index is 5.31. The van der Waals surface area contributed by atoms with E-state index in [9.17, 15) is 0 Å². The number of ether oxygens (including phenoxy) is 1. The van der Waals surface area contributed by atoms with Gasteiger partial charge in [0.05, 0.1) is 13.2 Å². The fourth-order valence-electron chi connectivity index (χ4n) is 1.43. The molecule has 4 heteroatoms. The topological polar surface area (TPSA) is 12.5 Å². The van der Waals surface area contributed by atoms with E-state index in [1.165, 1.54) is 4.90 Å². The standard InChI is InChI=1S/C11H14BrNOS/c12-10-1-3-11(4-2-10)15-9-13-5-7-14-8-6-13/h1-4H,5-9H2. The van der Waals surface area contributed by atoms with Crippen molar-refractivity contribution in [3.05, 3.63) is 28.7 Å². The van der Waals surface area contributed by atoms with Crippen LogP contribution < -0.4 is 0 Å². The predicted octanol–water partition coefficient (Wildman–Crippen LogP) is 2.83. The largest absolute Gasteiger partial charge is 0.379 e. The molecule has 1 aromatic rings. The monoisotopic (exact) mass is 287 g/mol. The summed E-state index contributed by atoms with van der Waals surface area (Å²) in [6.45, 7) is 3.87. The number of rotatable bonds is 3. The summed E-state index contributed by atoms with van der Waals surface area (Å²) in [5, 5.41) is 0. The van der Waals surface area contributed by atoms with Gasteiger partial charge in [0.2, 0.25) is 0 Å². The number of thioether (sulfide) groups is 1. The summed E-state index contributed by atoms with van der Waals surface area (Å²) in [4.78, 5) is 3.75. The minimum atomic E-state index is 0.876. The van der Waals surface area contributed by atoms with Gasteiger partial charge in [0, 0.05) is 28.3 Å². The summed E-state index contributed by atoms with van der Waals surface area (Å²) in [5.41, 5.74) is 0. The van der Waals surface area contributed by atoms with Crippen molar-refractivity contribution in [3.8, 4) is 0 Å². The quantitative estimate of drug-likeness (QED) is 0.794. The minimum absolute atomic E-state index is 0.876. The SMILES string of the molecule is Brc1ccc(SCN2CCOCC2)cc1. The summed E-state index contributed by atoms with van der Waals surface area (Å²) in [6.07, 6.45) is 0. The number of hydrogen-bond donors (Lipinski definition) is 0. The number of nitrogens with zero attached hydrogens (tertiary/aromatic N) is 1. The molecule has 1 aliphatic heterocycles. The molecule has 0 N–H and O–H groups in total. The van der Waals surface area contributed by atoms with Crippen molar-refractivity contribution >= 4 is 27.7 Å². The zero-order valence-corrected chi connectivity index (χ0v) is 10.9. The third-order valence-electron chi connectivity index (χ3n) is 2.33. The van der Waals surface area contributed by atoms with Crippen molar-refractivity contribution in [2.75, 3.05) is 32.2 Å². The lowest BCUT2D eigenvalue weighted by molar-refractivity contribution is 0.0474. The first kappa shape index (κ1) is 11.5. The Labute approximate surface area is 103 Å². The maximum Gasteiger partial charge on any atom is 0.0594 e. The maximum absolute atomic E-state index is 5.31. The molecule has 0 aromatic heterocycles. The highest BCUT2D eigenvalue weighted by Gasteiger charge is 2.09. The van der Waals surface area contributed by atoms with E-state index in [0.717, 1.165) is 36.7 Å². The second-order valence-corrected chi connectivity index (χ2v) is 5.39. The van der Waals surface area contributed by atoms with Gasteiger partial charge >= 0.3 is 0 Å². The molecule has 0 atom stereocenters. The molecule has 1 fully saturated rings. The minimum Gasteiger partial charge on any atom is -0.379 e. The summed E-state index contributed by atoms with van der Waals surface area (Å²) in [7, 11) is 0. The van der Waals surface area contributed by atoms with E-state index in [2.05, 4.69) is 45.1 Å². The van der Waals surface area contributed by atoms with Gasteiger partial charge in [-0.2, -0.15) is 0 Å². The fourth-order valence-corrected chi connectivity index (χ4v) is 2.61. The van der Waals surface area contributed by atoms with Gasteiger partial charge in [0.15, 0.2) is 0 Å². The molecular weight excluding hydrogens is 274 g/mol. The van der Waals surface area contributed by atoms with Gasteiger partial charge < -0.3 is 4.74 Å². The number of benzene rings is 1. The molecule has 15 heavy (non-hydrogen) atoms. The molecule has 2 nitrogen and oxygen atoms in total. The summed E-state index contributed by atoms with van der Waals surface area (Å²) >= 11 is 5.32. The molecule has 1 heterocycles. The average Bonchev–Trinajstić information content (AvgIpc) is 2.30. The van der Waals surface area contributed by atoms with E-state index in [4.69, 9.17) is 4.74 Å². The van der Waals surface area contributed by atoms with E-state index in [1.54, 1.807) is 0 Å². The van der Waals surface area contributed by atoms with Crippen LogP contribution in [0.5, 0.6) is 0 Å². The first-order chi connectivity index (χ1) is 7.34. The van der Waals surface area contributed by atoms with Gasteiger partial charge in [-0.3, -0.25) is 4.90 Å². The van der Waals surface area contributed by atoms with Gasteiger partial charge in [-0.15, -0.1) is 11.8 Å². The Morgan fingerprint density at radius 2 is 1.87 bits per heavy atom. The van der Waals surface area contributed by atoms with Crippen LogP contribution in [0.15, 0.2) is 33.6 Å². The van der Waals surface area contributed by atoms with E-state index in [-0.39, 0.29) is 0 Å². The molecule has 0 radical (unpaired) electrons. The lowest BCUT2D eigenvalue weighted by Crippen LogP contribution is -2.35. The van der Waals surface area contributed by atoms with Crippen LogP contribution in [0.1, 0.15) is 0 Å². The van der Waals surface area contributed by atoms with Gasteiger partial charge in [0.25, 0.3) is 0 Å². The molecule has 82 valence electrons. The van der Waals surface area contributed by atoms with Crippen molar-refractivity contribution in [2.24, 2.45) is 0 Å². The van der Waals surface area contributed by atoms with Gasteiger partial charge in [-0.25, -0.2) is 0 Å². The van der Waals surface area contributed by atoms with Crippen LogP contribution in [-0.4, -0.2) is 37.1 Å². The third kappa shape index (κ3) is 3.79. The first-order valence-corrected chi connectivity index (χ1v) is 6.81. The molecule has 0 unspecified atom stereocenters. The Morgan fingerprint density at radius 1 is 1.20 bits per heavy atom. The number of hydrogen-bond acceptors (Lipinski definition) is 3. The summed E-state index contributed by atoms with van der Waals surface area (Å²) in [5.74, 6) is 1.06. The lowest BCUT2D eigenvalue weighted by atomic mass is 10.4. The van der Waals surface area contributed by atoms with E-state index in [1.807, 2.05) is 11.8 Å². The van der Waals surface area contributed by atoms with E-state index < -0.39 is 0 Å². The van der Waals surface area contributed by atoms with Crippen LogP contribution in [0.3, 0.4) is 0 Å². The molecule has 1 aliphatic rings. The van der Waals surface area contributed by atoms with Gasteiger partial charge in [-0.05, 0) is 24.3 Å². The second-order valence-electron chi connectivity index (χ2n) is 3.46. The van der Waals surface area contributed by atoms with E-state index in [0.29, 0.717) is 0 Å². The van der Waals surface area contributed by atoms with Gasteiger partial charge in [0.1, 0.15) is 0 Å². The average molecular weight is 288 g/mol. The van der Waals surface area contributed by atoms with Crippen LogP contribution in [0.2, 0.25) is 0 Å². The molecule has 1 saturated heterocycles. The highest BCUT2D eigenvalue weighted by Crippen LogP contribution is 2.21. The second kappa shape index (κ2) is 5.89. The number of halogens is 1. The smallest absolute Gasteiger partial charge is 0.0594 e. The van der Waals surface area contributed by atoms with E-state index >= 15 is 0 Å². The Morgan fingerprint density at radius 3 is 2.53 bits per heavy atom. The van der Waals surface area contributed by atoms with Crippen LogP contribution in [-0.2, 0) is 4.74 Å².